The van der Waals surface area contributed by atoms with Crippen LogP contribution >= 0.6 is 0 Å². The van der Waals surface area contributed by atoms with Crippen LogP contribution in [0.15, 0.2) is 0 Å². The number of carboxylic acids is 1. The number of rotatable bonds is 4. The van der Waals surface area contributed by atoms with Crippen LogP contribution in [0, 0.1) is 5.92 Å². The molecule has 1 unspecified atom stereocenters. The lowest BCUT2D eigenvalue weighted by Crippen LogP contribution is -2.61. The van der Waals surface area contributed by atoms with Gasteiger partial charge in [0.15, 0.2) is 0 Å². The summed E-state index contributed by atoms with van der Waals surface area (Å²) >= 11 is 0. The minimum atomic E-state index is -0.994. The maximum atomic E-state index is 12.3. The molecule has 0 radical (unpaired) electrons. The maximum absolute atomic E-state index is 12.3. The first kappa shape index (κ1) is 15.1. The number of nitrogens with one attached hydrogen (secondary N) is 1. The number of carboxylic acid groups (broad SMARTS) is 1. The van der Waals surface area contributed by atoms with Crippen molar-refractivity contribution in [2.24, 2.45) is 5.92 Å². The second-order valence-electron chi connectivity index (χ2n) is 6.24. The number of aliphatic carboxylic acids is 1. The first-order valence-corrected chi connectivity index (χ1v) is 7.88. The van der Waals surface area contributed by atoms with E-state index >= 15 is 0 Å². The fourth-order valence-corrected chi connectivity index (χ4v) is 3.27. The van der Waals surface area contributed by atoms with E-state index in [4.69, 9.17) is 0 Å². The number of carbonyl (C=O) groups is 2. The lowest BCUT2D eigenvalue weighted by atomic mass is 9.77. The highest BCUT2D eigenvalue weighted by molar-refractivity contribution is 5.87. The Labute approximate surface area is 120 Å². The highest BCUT2D eigenvalue weighted by atomic mass is 16.4. The third-order valence-corrected chi connectivity index (χ3v) is 4.79. The second-order valence-corrected chi connectivity index (χ2v) is 6.24. The molecule has 1 atom stereocenters. The van der Waals surface area contributed by atoms with E-state index in [2.05, 4.69) is 12.2 Å². The Bertz CT molecular complexity index is 366. The van der Waals surface area contributed by atoms with E-state index in [0.717, 1.165) is 38.3 Å². The molecule has 0 aromatic carbocycles. The SMILES string of the molecule is CCCC1CCCN(C(=O)NC2(C(=O)O)CCC2)CC1. The molecule has 1 aliphatic heterocycles. The van der Waals surface area contributed by atoms with E-state index < -0.39 is 11.5 Å². The molecule has 0 bridgehead atoms. The molecule has 2 N–H and O–H groups in total. The Kier molecular flexibility index (Phi) is 4.89. The van der Waals surface area contributed by atoms with E-state index in [1.54, 1.807) is 4.90 Å². The summed E-state index contributed by atoms with van der Waals surface area (Å²) in [6, 6.07) is -0.191. The summed E-state index contributed by atoms with van der Waals surface area (Å²) in [6.07, 6.45) is 7.67. The van der Waals surface area contributed by atoms with Gasteiger partial charge in [0.05, 0.1) is 0 Å². The Hall–Kier alpha value is -1.26. The zero-order chi connectivity index (χ0) is 14.6. The van der Waals surface area contributed by atoms with Crippen molar-refractivity contribution < 1.29 is 14.7 Å². The van der Waals surface area contributed by atoms with Gasteiger partial charge >= 0.3 is 12.0 Å². The van der Waals surface area contributed by atoms with Gasteiger partial charge in [0, 0.05) is 13.1 Å². The van der Waals surface area contributed by atoms with Gasteiger partial charge in [-0.05, 0) is 44.4 Å². The fraction of sp³-hybridized carbons (Fsp3) is 0.867. The topological polar surface area (TPSA) is 69.6 Å². The van der Waals surface area contributed by atoms with Crippen LogP contribution < -0.4 is 5.32 Å². The molecular formula is C15H26N2O3. The normalized spacial score (nSPS) is 25.4. The van der Waals surface area contributed by atoms with Gasteiger partial charge in [0.25, 0.3) is 0 Å². The first-order chi connectivity index (χ1) is 9.57. The zero-order valence-corrected chi connectivity index (χ0v) is 12.4. The standard InChI is InChI=1S/C15H26N2O3/c1-2-5-12-6-3-10-17(11-7-12)14(20)16-15(13(18)19)8-4-9-15/h12H,2-11H2,1H3,(H,16,20)(H,18,19). The number of carbonyl (C=O) groups excluding carboxylic acids is 1. The molecule has 1 saturated heterocycles. The fourth-order valence-electron chi connectivity index (χ4n) is 3.27. The number of urea groups is 1. The van der Waals surface area contributed by atoms with E-state index in [-0.39, 0.29) is 6.03 Å². The van der Waals surface area contributed by atoms with Crippen LogP contribution in [0.3, 0.4) is 0 Å². The highest BCUT2D eigenvalue weighted by Crippen LogP contribution is 2.32. The third-order valence-electron chi connectivity index (χ3n) is 4.79. The van der Waals surface area contributed by atoms with Gasteiger partial charge in [-0.3, -0.25) is 0 Å². The molecule has 5 nitrogen and oxygen atoms in total. The Morgan fingerprint density at radius 1 is 1.25 bits per heavy atom. The molecule has 2 amide bonds. The van der Waals surface area contributed by atoms with Crippen molar-refractivity contribution in [1.29, 1.82) is 0 Å². The van der Waals surface area contributed by atoms with Crippen LogP contribution in [0.5, 0.6) is 0 Å². The van der Waals surface area contributed by atoms with Gasteiger partial charge in [-0.25, -0.2) is 9.59 Å². The Morgan fingerprint density at radius 3 is 2.55 bits per heavy atom. The molecule has 114 valence electrons. The molecule has 2 fully saturated rings. The number of likely N-dealkylation sites (tertiary alicyclic amines) is 1. The van der Waals surface area contributed by atoms with Crippen molar-refractivity contribution >= 4 is 12.0 Å². The minimum absolute atomic E-state index is 0.191. The number of hydrogen-bond donors (Lipinski definition) is 2. The van der Waals surface area contributed by atoms with Gasteiger partial charge in [0.1, 0.15) is 5.54 Å². The molecule has 5 heteroatoms. The molecule has 2 aliphatic rings. The average Bonchev–Trinajstić information content (AvgIpc) is 2.59. The third kappa shape index (κ3) is 3.25. The van der Waals surface area contributed by atoms with Crippen LogP contribution in [0.1, 0.15) is 58.3 Å². The largest absolute Gasteiger partial charge is 0.480 e. The molecule has 20 heavy (non-hydrogen) atoms. The van der Waals surface area contributed by atoms with Crippen LogP contribution in [-0.2, 0) is 4.79 Å². The summed E-state index contributed by atoms with van der Waals surface area (Å²) in [5.41, 5.74) is -0.994. The van der Waals surface area contributed by atoms with E-state index in [1.165, 1.54) is 19.3 Å². The quantitative estimate of drug-likeness (QED) is 0.832. The van der Waals surface area contributed by atoms with Gasteiger partial charge in [-0.2, -0.15) is 0 Å². The predicted molar refractivity (Wildman–Crippen MR) is 76.6 cm³/mol. The number of amides is 2. The smallest absolute Gasteiger partial charge is 0.329 e. The van der Waals surface area contributed by atoms with Crippen LogP contribution in [0.2, 0.25) is 0 Å². The van der Waals surface area contributed by atoms with E-state index in [0.29, 0.717) is 12.8 Å². The van der Waals surface area contributed by atoms with Gasteiger partial charge in [-0.1, -0.05) is 19.8 Å². The number of hydrogen-bond acceptors (Lipinski definition) is 2. The Morgan fingerprint density at radius 2 is 2.00 bits per heavy atom. The maximum Gasteiger partial charge on any atom is 0.329 e. The Balaban J connectivity index is 1.88. The summed E-state index contributed by atoms with van der Waals surface area (Å²) in [7, 11) is 0. The summed E-state index contributed by atoms with van der Waals surface area (Å²) in [4.78, 5) is 25.4. The summed E-state index contributed by atoms with van der Waals surface area (Å²) in [5.74, 6) is -0.175. The van der Waals surface area contributed by atoms with Crippen molar-refractivity contribution in [3.05, 3.63) is 0 Å². The molecule has 1 aliphatic carbocycles. The van der Waals surface area contributed by atoms with Gasteiger partial charge in [-0.15, -0.1) is 0 Å². The summed E-state index contributed by atoms with van der Waals surface area (Å²) < 4.78 is 0. The van der Waals surface area contributed by atoms with E-state index in [1.807, 2.05) is 0 Å². The van der Waals surface area contributed by atoms with Crippen LogP contribution in [0.4, 0.5) is 4.79 Å². The van der Waals surface area contributed by atoms with Gasteiger partial charge in [0.2, 0.25) is 0 Å². The molecule has 1 heterocycles. The minimum Gasteiger partial charge on any atom is -0.480 e. The van der Waals surface area contributed by atoms with Crippen molar-refractivity contribution in [1.82, 2.24) is 10.2 Å². The predicted octanol–water partition coefficient (Wildman–Crippen LogP) is 2.61. The molecule has 0 aromatic rings. The molecule has 0 aromatic heterocycles. The van der Waals surface area contributed by atoms with Crippen molar-refractivity contribution in [3.63, 3.8) is 0 Å². The summed E-state index contributed by atoms with van der Waals surface area (Å²) in [6.45, 7) is 3.70. The molecule has 0 spiro atoms. The van der Waals surface area contributed by atoms with E-state index in [9.17, 15) is 14.7 Å². The highest BCUT2D eigenvalue weighted by Gasteiger charge is 2.46. The van der Waals surface area contributed by atoms with Crippen LogP contribution in [-0.4, -0.2) is 40.6 Å². The van der Waals surface area contributed by atoms with Crippen molar-refractivity contribution in [3.8, 4) is 0 Å². The zero-order valence-electron chi connectivity index (χ0n) is 12.4. The summed E-state index contributed by atoms with van der Waals surface area (Å²) in [5, 5.41) is 12.0. The second kappa shape index (κ2) is 6.46. The monoisotopic (exact) mass is 282 g/mol. The lowest BCUT2D eigenvalue weighted by Gasteiger charge is -2.39. The van der Waals surface area contributed by atoms with Crippen molar-refractivity contribution in [2.45, 2.75) is 63.8 Å². The molecule has 2 rings (SSSR count). The molecular weight excluding hydrogens is 256 g/mol. The molecule has 1 saturated carbocycles. The number of nitrogens with zero attached hydrogens (tertiary/aromatic N) is 1. The van der Waals surface area contributed by atoms with Crippen molar-refractivity contribution in [2.75, 3.05) is 13.1 Å². The van der Waals surface area contributed by atoms with Gasteiger partial charge < -0.3 is 15.3 Å². The first-order valence-electron chi connectivity index (χ1n) is 7.88. The lowest BCUT2D eigenvalue weighted by molar-refractivity contribution is -0.148. The average molecular weight is 282 g/mol. The van der Waals surface area contributed by atoms with Crippen LogP contribution in [0.25, 0.3) is 0 Å².